The molecule has 0 aliphatic carbocycles. The number of carbonyl (C=O) groups is 9. The van der Waals surface area contributed by atoms with Gasteiger partial charge in [0.2, 0.25) is 11.8 Å². The molecule has 496 valence electrons. The number of ether oxygens (including phenoxy) is 2. The molecule has 17 nitrogen and oxygen atoms in total. The molecule has 5 aromatic carbocycles. The maximum atomic E-state index is 15.2. The molecule has 92 heavy (non-hydrogen) atoms. The first-order valence-electron chi connectivity index (χ1n) is 32.2. The van der Waals surface area contributed by atoms with E-state index in [0.29, 0.717) is 17.5 Å². The van der Waals surface area contributed by atoms with Crippen molar-refractivity contribution in [1.82, 2.24) is 21.3 Å². The molecule has 0 aliphatic rings. The Morgan fingerprint density at radius 1 is 0.435 bits per heavy atom. The molecule has 0 saturated carbocycles. The van der Waals surface area contributed by atoms with Crippen molar-refractivity contribution in [3.05, 3.63) is 179 Å². The molecule has 0 radical (unpaired) electrons. The fraction of sp³-hybridized carbons (Fsp3) is 0.473. The van der Waals surface area contributed by atoms with Crippen LogP contribution in [0.3, 0.4) is 0 Å². The van der Waals surface area contributed by atoms with Crippen LogP contribution in [0.15, 0.2) is 152 Å². The van der Waals surface area contributed by atoms with E-state index in [2.05, 4.69) is 62.8 Å². The lowest BCUT2D eigenvalue weighted by Crippen LogP contribution is -2.62. The summed E-state index contributed by atoms with van der Waals surface area (Å²) in [4.78, 5) is 129. The quantitative estimate of drug-likeness (QED) is 0.0144. The Morgan fingerprint density at radius 3 is 1.26 bits per heavy atom. The van der Waals surface area contributed by atoms with Crippen LogP contribution >= 0.6 is 0 Å². The second-order valence-corrected chi connectivity index (χ2v) is 32.6. The minimum Gasteiger partial charge on any atom is -0.502 e. The van der Waals surface area contributed by atoms with Crippen LogP contribution in [0.25, 0.3) is 0 Å². The molecule has 6 atom stereocenters. The minimum atomic E-state index is -3.18. The molecule has 0 saturated heterocycles. The van der Waals surface area contributed by atoms with Gasteiger partial charge in [-0.15, -0.1) is 0 Å². The van der Waals surface area contributed by atoms with Gasteiger partial charge in [-0.1, -0.05) is 200 Å². The van der Waals surface area contributed by atoms with E-state index in [1.807, 2.05) is 66.7 Å². The molecular formula is C74H98N4O13Si. The van der Waals surface area contributed by atoms with Gasteiger partial charge in [-0.25, -0.2) is 9.59 Å². The highest BCUT2D eigenvalue weighted by Crippen LogP contribution is 2.48. The van der Waals surface area contributed by atoms with Crippen molar-refractivity contribution in [2.75, 3.05) is 6.54 Å². The summed E-state index contributed by atoms with van der Waals surface area (Å²) >= 11 is 0. The predicted molar refractivity (Wildman–Crippen MR) is 359 cm³/mol. The fourth-order valence-corrected chi connectivity index (χ4v) is 18.2. The summed E-state index contributed by atoms with van der Waals surface area (Å²) in [7, 11) is -3.18. The van der Waals surface area contributed by atoms with Crippen LogP contribution in [-0.4, -0.2) is 103 Å². The zero-order chi connectivity index (χ0) is 67.8. The van der Waals surface area contributed by atoms with Crippen molar-refractivity contribution in [3.8, 4) is 0 Å². The van der Waals surface area contributed by atoms with Gasteiger partial charge in [0.1, 0.15) is 11.2 Å². The highest BCUT2D eigenvalue weighted by atomic mass is 28.4. The predicted octanol–water partition coefficient (Wildman–Crippen LogP) is 12.5. The van der Waals surface area contributed by atoms with Crippen molar-refractivity contribution in [1.29, 1.82) is 0 Å². The first-order valence-corrected chi connectivity index (χ1v) is 34.2. The number of aliphatic carboxylic acids is 1. The number of nitrogens with one attached hydrogen (secondary N) is 4. The van der Waals surface area contributed by atoms with Gasteiger partial charge < -0.3 is 40.3 Å². The summed E-state index contributed by atoms with van der Waals surface area (Å²) in [5, 5.41) is 21.2. The fourth-order valence-electron chi connectivity index (χ4n) is 12.2. The van der Waals surface area contributed by atoms with Crippen molar-refractivity contribution in [2.24, 2.45) is 17.8 Å². The van der Waals surface area contributed by atoms with E-state index in [-0.39, 0.29) is 56.2 Å². The lowest BCUT2D eigenvalue weighted by atomic mass is 9.87. The Labute approximate surface area is 545 Å². The number of alkyl carbamates (subject to hydrolysis) is 1. The average molecular weight is 1280 g/mol. The highest BCUT2D eigenvalue weighted by molar-refractivity contribution is 6.80. The van der Waals surface area contributed by atoms with E-state index in [1.165, 1.54) is 0 Å². The topological polar surface area (TPSA) is 250 Å². The summed E-state index contributed by atoms with van der Waals surface area (Å²) in [6, 6.07) is 41.8. The van der Waals surface area contributed by atoms with Crippen LogP contribution in [0, 0.1) is 17.8 Å². The number of Topliss-reactive ketones (excluding diaryl/α,β-unsaturated/α-hetero) is 3. The van der Waals surface area contributed by atoms with E-state index in [9.17, 15) is 33.9 Å². The summed E-state index contributed by atoms with van der Waals surface area (Å²) in [5.41, 5.74) is 1.89. The van der Waals surface area contributed by atoms with Crippen LogP contribution in [0.5, 0.6) is 0 Å². The Balaban J connectivity index is 1.51. The van der Waals surface area contributed by atoms with Crippen LogP contribution < -0.4 is 21.3 Å². The first kappa shape index (κ1) is 74.5. The molecule has 4 amide bonds. The summed E-state index contributed by atoms with van der Waals surface area (Å²) in [6.07, 6.45) is -2.66. The Morgan fingerprint density at radius 2 is 0.815 bits per heavy atom. The molecule has 0 heterocycles. The van der Waals surface area contributed by atoms with Gasteiger partial charge in [-0.05, 0) is 119 Å². The molecular weight excluding hydrogens is 1180 g/mol. The molecule has 0 unspecified atom stereocenters. The van der Waals surface area contributed by atoms with Gasteiger partial charge in [0.05, 0.1) is 30.5 Å². The van der Waals surface area contributed by atoms with Gasteiger partial charge in [0.15, 0.2) is 17.3 Å². The largest absolute Gasteiger partial charge is 0.502 e. The average Bonchev–Trinajstić information content (AvgIpc) is 0.747. The molecule has 0 aliphatic heterocycles. The number of unbranched alkanes of at least 4 members (excludes halogenated alkanes) is 1. The molecule has 0 bridgehead atoms. The van der Waals surface area contributed by atoms with Crippen LogP contribution in [0.1, 0.15) is 156 Å². The number of carboxylic acid groups (broad SMARTS) is 1. The van der Waals surface area contributed by atoms with Crippen LogP contribution in [0.2, 0.25) is 11.1 Å². The van der Waals surface area contributed by atoms with Gasteiger partial charge in [0, 0.05) is 42.7 Å². The van der Waals surface area contributed by atoms with E-state index >= 15 is 14.4 Å². The van der Waals surface area contributed by atoms with E-state index in [0.717, 1.165) is 16.7 Å². The van der Waals surface area contributed by atoms with E-state index in [4.69, 9.17) is 13.9 Å². The number of hydrogen-bond acceptors (Lipinski definition) is 12. The molecule has 18 heteroatoms. The van der Waals surface area contributed by atoms with Crippen LogP contribution in [-0.2, 0) is 78.2 Å². The number of ketones is 3. The normalized spacial score (nSPS) is 13.9. The minimum absolute atomic E-state index is 0.0112. The number of esters is 1. The Bertz CT molecular complexity index is 3200. The monoisotopic (exact) mass is 1280 g/mol. The maximum Gasteiger partial charge on any atom is 0.407 e. The molecule has 0 fully saturated rings. The Hall–Kier alpha value is -8.25. The second kappa shape index (κ2) is 35.0. The molecule has 0 spiro atoms. The molecule has 0 aromatic heterocycles. The molecule has 5 rings (SSSR count). The lowest BCUT2D eigenvalue weighted by Gasteiger charge is -2.49. The standard InChI is InChI=1S/C74H98N4O13Si/c1-50(2)92(51(3)4,74(11,12)59-39-26-17-27-40-59)91-71(88)78-61(45-55-36-24-16-25-37-55)63(79)46-56(38-28-29-41-75-70(87)90-73(8,9)10)67(83)77-62(49-66(82)89-72(5,6)7)64(80)47-57(42-52-30-18-13-19-31-52)68(84)76-60(44-54-34-22-15-23-35-54)65(81)48-58(69(85)86)43-53-32-20-14-21-33-53/h13-27,30-37,39-40,50-51,56-58,60-62H,28-29,38,41-49H2,1-12H3,(H,75,87)(H,76,84)(H,77,83)(H,78,88)(H,85,86)/t56-,57-,58-,60+,61+,62+/m1/s1. The maximum absolute atomic E-state index is 15.2. The Kier molecular flexibility index (Phi) is 28.3. The third-order valence-corrected chi connectivity index (χ3v) is 22.8. The first-order chi connectivity index (χ1) is 43.4. The van der Waals surface area contributed by atoms with Crippen molar-refractivity contribution in [2.45, 2.75) is 199 Å². The van der Waals surface area contributed by atoms with Gasteiger partial charge >= 0.3 is 24.1 Å². The number of rotatable bonds is 35. The van der Waals surface area contributed by atoms with Crippen molar-refractivity contribution in [3.63, 3.8) is 0 Å². The van der Waals surface area contributed by atoms with Crippen molar-refractivity contribution < 1.29 is 62.2 Å². The van der Waals surface area contributed by atoms with Gasteiger partial charge in [0.25, 0.3) is 8.32 Å². The number of hydrogen-bond donors (Lipinski definition) is 5. The number of benzene rings is 5. The van der Waals surface area contributed by atoms with Gasteiger partial charge in [-0.2, -0.15) is 0 Å². The zero-order valence-electron chi connectivity index (χ0n) is 55.9. The smallest absolute Gasteiger partial charge is 0.407 e. The van der Waals surface area contributed by atoms with E-state index < -0.39 is 139 Å². The number of carbonyl (C=O) groups excluding carboxylic acids is 8. The number of carboxylic acids is 1. The SMILES string of the molecule is CC(C)[Si](OC(=O)N[C@@H](Cc1ccccc1)C(=O)C[C@@H](CCCCNC(=O)OC(C)(C)C)C(=O)N[C@@H](CC(=O)OC(C)(C)C)C(=O)C[C@@H](Cc1ccccc1)C(=O)N[C@@H](Cc1ccccc1)C(=O)C[C@@H](Cc1ccccc1)C(=O)O)(C(C)C)C(C)(C)c1ccccc1. The summed E-state index contributed by atoms with van der Waals surface area (Å²) < 4.78 is 17.9. The molecule has 5 aromatic rings. The van der Waals surface area contributed by atoms with Crippen molar-refractivity contribution >= 4 is 61.6 Å². The van der Waals surface area contributed by atoms with Crippen LogP contribution in [0.4, 0.5) is 9.59 Å². The lowest BCUT2D eigenvalue weighted by molar-refractivity contribution is -0.156. The van der Waals surface area contributed by atoms with Gasteiger partial charge in [-0.3, -0.25) is 33.6 Å². The summed E-state index contributed by atoms with van der Waals surface area (Å²) in [6.45, 7) is 22.8. The second-order valence-electron chi connectivity index (χ2n) is 27.2. The molecule has 5 N–H and O–H groups in total. The zero-order valence-corrected chi connectivity index (χ0v) is 56.9. The highest BCUT2D eigenvalue weighted by Gasteiger charge is 2.58. The third-order valence-electron chi connectivity index (χ3n) is 16.6. The third kappa shape index (κ3) is 23.8. The summed E-state index contributed by atoms with van der Waals surface area (Å²) in [5.74, 6) is -8.72. The number of amides is 4. The van der Waals surface area contributed by atoms with E-state index in [1.54, 1.807) is 126 Å².